The average molecular weight is 273 g/mol. The highest BCUT2D eigenvalue weighted by molar-refractivity contribution is 5.30. The van der Waals surface area contributed by atoms with Gasteiger partial charge in [-0.2, -0.15) is 0 Å². The topological polar surface area (TPSA) is 21.3 Å². The molecule has 0 bridgehead atoms. The minimum atomic E-state index is 0.312. The van der Waals surface area contributed by atoms with Gasteiger partial charge in [0.2, 0.25) is 0 Å². The Hall–Kier alpha value is -1.46. The Kier molecular flexibility index (Phi) is 8.58. The fourth-order valence-electron chi connectivity index (χ4n) is 1.96. The van der Waals surface area contributed by atoms with Crippen LogP contribution in [0.2, 0.25) is 0 Å². The second-order valence-corrected chi connectivity index (χ2v) is 4.91. The zero-order valence-electron chi connectivity index (χ0n) is 13.0. The molecule has 1 rings (SSSR count). The molecule has 2 nitrogen and oxygen atoms in total. The summed E-state index contributed by atoms with van der Waals surface area (Å²) in [5.74, 6) is 7.10. The van der Waals surface area contributed by atoms with Crippen molar-refractivity contribution in [3.05, 3.63) is 29.8 Å². The van der Waals surface area contributed by atoms with Crippen molar-refractivity contribution in [3.63, 3.8) is 0 Å². The van der Waals surface area contributed by atoms with Crippen molar-refractivity contribution >= 4 is 0 Å². The number of hydrogen-bond acceptors (Lipinski definition) is 2. The number of unbranched alkanes of at least 4 members (excludes halogenated alkanes) is 1. The Balaban J connectivity index is 2.62. The highest BCUT2D eigenvalue weighted by atomic mass is 16.5. The number of benzene rings is 1. The lowest BCUT2D eigenvalue weighted by atomic mass is 10.0. The standard InChI is InChI=1S/C18H27NO/c1-4-7-9-18(19-14-6-3)16-10-12-17(13-11-16)20-15-8-5-2/h10-13,18-19H,5-6,8-9,14-15H2,1-3H3. The summed E-state index contributed by atoms with van der Waals surface area (Å²) in [6, 6.07) is 8.72. The van der Waals surface area contributed by atoms with Crippen LogP contribution in [0.3, 0.4) is 0 Å². The molecule has 1 aromatic carbocycles. The highest BCUT2D eigenvalue weighted by Crippen LogP contribution is 2.20. The van der Waals surface area contributed by atoms with Gasteiger partial charge in [-0.3, -0.25) is 0 Å². The van der Waals surface area contributed by atoms with Gasteiger partial charge in [0.1, 0.15) is 5.75 Å². The predicted octanol–water partition coefficient (Wildman–Crippen LogP) is 4.32. The lowest BCUT2D eigenvalue weighted by Gasteiger charge is -2.17. The molecule has 2 heteroatoms. The van der Waals surface area contributed by atoms with Crippen molar-refractivity contribution in [2.75, 3.05) is 13.2 Å². The van der Waals surface area contributed by atoms with E-state index in [1.165, 1.54) is 5.56 Å². The first-order valence-electron chi connectivity index (χ1n) is 7.67. The van der Waals surface area contributed by atoms with Crippen LogP contribution in [-0.2, 0) is 0 Å². The van der Waals surface area contributed by atoms with E-state index < -0.39 is 0 Å². The minimum absolute atomic E-state index is 0.312. The van der Waals surface area contributed by atoms with Gasteiger partial charge in [0.25, 0.3) is 0 Å². The summed E-state index contributed by atoms with van der Waals surface area (Å²) in [5.41, 5.74) is 1.28. The molecular weight excluding hydrogens is 246 g/mol. The third-order valence-corrected chi connectivity index (χ3v) is 3.17. The lowest BCUT2D eigenvalue weighted by Crippen LogP contribution is -2.21. The maximum atomic E-state index is 5.70. The van der Waals surface area contributed by atoms with Crippen molar-refractivity contribution in [2.24, 2.45) is 0 Å². The first kappa shape index (κ1) is 16.6. The van der Waals surface area contributed by atoms with E-state index in [-0.39, 0.29) is 0 Å². The largest absolute Gasteiger partial charge is 0.494 e. The molecule has 110 valence electrons. The molecule has 1 aromatic rings. The minimum Gasteiger partial charge on any atom is -0.494 e. The third kappa shape index (κ3) is 6.12. The molecule has 0 saturated heterocycles. The molecule has 0 radical (unpaired) electrons. The highest BCUT2D eigenvalue weighted by Gasteiger charge is 2.09. The van der Waals surface area contributed by atoms with Gasteiger partial charge in [-0.25, -0.2) is 0 Å². The predicted molar refractivity (Wildman–Crippen MR) is 85.9 cm³/mol. The Morgan fingerprint density at radius 3 is 2.50 bits per heavy atom. The second-order valence-electron chi connectivity index (χ2n) is 4.91. The third-order valence-electron chi connectivity index (χ3n) is 3.17. The van der Waals surface area contributed by atoms with E-state index in [0.717, 1.165) is 44.6 Å². The fourth-order valence-corrected chi connectivity index (χ4v) is 1.96. The van der Waals surface area contributed by atoms with E-state index in [1.807, 2.05) is 6.92 Å². The molecule has 0 amide bonds. The summed E-state index contributed by atoms with van der Waals surface area (Å²) in [7, 11) is 0. The average Bonchev–Trinajstić information content (AvgIpc) is 2.49. The Morgan fingerprint density at radius 2 is 1.90 bits per heavy atom. The smallest absolute Gasteiger partial charge is 0.119 e. The quantitative estimate of drug-likeness (QED) is 0.534. The normalized spacial score (nSPS) is 11.6. The molecule has 0 aliphatic rings. The van der Waals surface area contributed by atoms with Crippen LogP contribution < -0.4 is 10.1 Å². The van der Waals surface area contributed by atoms with Crippen LogP contribution in [0.5, 0.6) is 5.75 Å². The molecule has 1 unspecified atom stereocenters. The summed E-state index contributed by atoms with van der Waals surface area (Å²) in [4.78, 5) is 0. The molecule has 0 saturated carbocycles. The molecule has 0 aliphatic heterocycles. The van der Waals surface area contributed by atoms with Crippen LogP contribution >= 0.6 is 0 Å². The van der Waals surface area contributed by atoms with Gasteiger partial charge in [-0.05, 0) is 44.0 Å². The Bertz CT molecular complexity index is 413. The molecule has 1 N–H and O–H groups in total. The van der Waals surface area contributed by atoms with Crippen LogP contribution in [0.25, 0.3) is 0 Å². The van der Waals surface area contributed by atoms with E-state index in [1.54, 1.807) is 0 Å². The van der Waals surface area contributed by atoms with Crippen molar-refractivity contribution in [2.45, 2.75) is 52.5 Å². The van der Waals surface area contributed by atoms with E-state index in [2.05, 4.69) is 55.3 Å². The van der Waals surface area contributed by atoms with Crippen LogP contribution in [0.15, 0.2) is 24.3 Å². The van der Waals surface area contributed by atoms with Crippen LogP contribution in [0.4, 0.5) is 0 Å². The first-order valence-corrected chi connectivity index (χ1v) is 7.67. The molecule has 0 heterocycles. The summed E-state index contributed by atoms with van der Waals surface area (Å²) < 4.78 is 5.70. The van der Waals surface area contributed by atoms with Crippen molar-refractivity contribution in [3.8, 4) is 17.6 Å². The van der Waals surface area contributed by atoms with Gasteiger partial charge in [-0.15, -0.1) is 11.8 Å². The summed E-state index contributed by atoms with van der Waals surface area (Å²) in [6.45, 7) is 8.06. The van der Waals surface area contributed by atoms with Gasteiger partial charge >= 0.3 is 0 Å². The van der Waals surface area contributed by atoms with Crippen molar-refractivity contribution < 1.29 is 4.74 Å². The first-order chi connectivity index (χ1) is 9.81. The monoisotopic (exact) mass is 273 g/mol. The van der Waals surface area contributed by atoms with Gasteiger partial charge in [0.05, 0.1) is 6.61 Å². The van der Waals surface area contributed by atoms with Gasteiger partial charge in [-0.1, -0.05) is 32.4 Å². The SMILES string of the molecule is CC#CCC(NCCC)c1ccc(OCCCC)cc1. The van der Waals surface area contributed by atoms with Crippen LogP contribution in [0.1, 0.15) is 58.1 Å². The molecule has 0 spiro atoms. The van der Waals surface area contributed by atoms with E-state index in [9.17, 15) is 0 Å². The number of ether oxygens (including phenoxy) is 1. The summed E-state index contributed by atoms with van der Waals surface area (Å²) >= 11 is 0. The van der Waals surface area contributed by atoms with Crippen molar-refractivity contribution in [1.29, 1.82) is 0 Å². The lowest BCUT2D eigenvalue weighted by molar-refractivity contribution is 0.309. The molecule has 0 aliphatic carbocycles. The molecule has 0 fully saturated rings. The fraction of sp³-hybridized carbons (Fsp3) is 0.556. The zero-order chi connectivity index (χ0) is 14.6. The molecule has 20 heavy (non-hydrogen) atoms. The van der Waals surface area contributed by atoms with E-state index in [0.29, 0.717) is 6.04 Å². The Labute approximate surface area is 123 Å². The van der Waals surface area contributed by atoms with E-state index in [4.69, 9.17) is 4.74 Å². The molecule has 1 atom stereocenters. The molecule has 0 aromatic heterocycles. The van der Waals surface area contributed by atoms with Crippen LogP contribution in [-0.4, -0.2) is 13.2 Å². The zero-order valence-corrected chi connectivity index (χ0v) is 13.0. The maximum Gasteiger partial charge on any atom is 0.119 e. The van der Waals surface area contributed by atoms with Gasteiger partial charge in [0.15, 0.2) is 0 Å². The number of hydrogen-bond donors (Lipinski definition) is 1. The maximum absolute atomic E-state index is 5.70. The van der Waals surface area contributed by atoms with Crippen molar-refractivity contribution in [1.82, 2.24) is 5.32 Å². The molecular formula is C18H27NO. The van der Waals surface area contributed by atoms with Gasteiger partial charge in [0, 0.05) is 12.5 Å². The van der Waals surface area contributed by atoms with E-state index >= 15 is 0 Å². The number of nitrogens with one attached hydrogen (secondary N) is 1. The van der Waals surface area contributed by atoms with Gasteiger partial charge < -0.3 is 10.1 Å². The summed E-state index contributed by atoms with van der Waals surface area (Å²) in [5, 5.41) is 3.55. The summed E-state index contributed by atoms with van der Waals surface area (Å²) in [6.07, 6.45) is 4.26. The Morgan fingerprint density at radius 1 is 1.15 bits per heavy atom. The second kappa shape index (κ2) is 10.3. The van der Waals surface area contributed by atoms with Crippen LogP contribution in [0, 0.1) is 11.8 Å². The number of rotatable bonds is 9.